The Balaban J connectivity index is 1.68. The lowest BCUT2D eigenvalue weighted by Crippen LogP contribution is -2.43. The van der Waals surface area contributed by atoms with E-state index in [1.807, 2.05) is 42.7 Å². The van der Waals surface area contributed by atoms with Gasteiger partial charge in [0.2, 0.25) is 5.91 Å². The van der Waals surface area contributed by atoms with Crippen molar-refractivity contribution in [1.29, 1.82) is 0 Å². The molecule has 3 aromatic carbocycles. The van der Waals surface area contributed by atoms with E-state index in [0.717, 1.165) is 44.2 Å². The number of thioether (sulfide) groups is 1. The molecule has 0 fully saturated rings. The monoisotopic (exact) mass is 695 g/mol. The van der Waals surface area contributed by atoms with Crippen LogP contribution in [0.15, 0.2) is 82.6 Å². The van der Waals surface area contributed by atoms with Gasteiger partial charge in [-0.3, -0.25) is 14.4 Å². The first-order valence-electron chi connectivity index (χ1n) is 16.3. The van der Waals surface area contributed by atoms with Crippen LogP contribution in [-0.4, -0.2) is 63.0 Å². The first kappa shape index (κ1) is 36.8. The van der Waals surface area contributed by atoms with Crippen LogP contribution in [0.25, 0.3) is 0 Å². The Hall–Kier alpha value is -4.03. The van der Waals surface area contributed by atoms with Crippen LogP contribution in [0.1, 0.15) is 64.0 Å². The van der Waals surface area contributed by atoms with E-state index in [0.29, 0.717) is 22.7 Å². The lowest BCUT2D eigenvalue weighted by Gasteiger charge is -2.37. The number of para-hydroxylation sites is 1. The number of unbranched alkanes of at least 4 members (excludes halogenated alkanes) is 2. The van der Waals surface area contributed by atoms with Gasteiger partial charge in [0.25, 0.3) is 5.91 Å². The van der Waals surface area contributed by atoms with Crippen molar-refractivity contribution < 1.29 is 32.6 Å². The highest BCUT2D eigenvalue weighted by Gasteiger charge is 2.42. The Kier molecular flexibility index (Phi) is 12.9. The zero-order valence-electron chi connectivity index (χ0n) is 27.7. The van der Waals surface area contributed by atoms with Gasteiger partial charge < -0.3 is 25.4 Å². The molecule has 0 radical (unpaired) electrons. The summed E-state index contributed by atoms with van der Waals surface area (Å²) in [6.07, 6.45) is 7.23. The highest BCUT2D eigenvalue weighted by Crippen LogP contribution is 2.47. The van der Waals surface area contributed by atoms with Crippen molar-refractivity contribution in [3.63, 3.8) is 0 Å². The van der Waals surface area contributed by atoms with E-state index < -0.39 is 52.2 Å². The molecule has 0 bridgehead atoms. The Morgan fingerprint density at radius 2 is 1.60 bits per heavy atom. The zero-order valence-corrected chi connectivity index (χ0v) is 29.4. The van der Waals surface area contributed by atoms with Gasteiger partial charge in [0.15, 0.2) is 16.4 Å². The molecule has 0 unspecified atom stereocenters. The van der Waals surface area contributed by atoms with Gasteiger partial charge in [-0.1, -0.05) is 88.1 Å². The summed E-state index contributed by atoms with van der Waals surface area (Å²) in [6.45, 7) is 3.70. The van der Waals surface area contributed by atoms with Crippen LogP contribution in [0.4, 0.5) is 11.4 Å². The second kappa shape index (κ2) is 16.9. The number of amides is 2. The molecule has 48 heavy (non-hydrogen) atoms. The fourth-order valence-corrected chi connectivity index (χ4v) is 8.80. The molecule has 0 aromatic heterocycles. The number of carbonyl (C=O) groups is 3. The normalized spacial score (nSPS) is 15.4. The maximum absolute atomic E-state index is 14.3. The Labute approximate surface area is 287 Å². The Bertz CT molecular complexity index is 1660. The minimum atomic E-state index is -3.79. The number of nitrogens with one attached hydrogen (secondary N) is 2. The third-order valence-corrected chi connectivity index (χ3v) is 11.3. The van der Waals surface area contributed by atoms with Gasteiger partial charge in [0, 0.05) is 23.7 Å². The molecule has 1 atom stereocenters. The maximum Gasteiger partial charge on any atom is 0.322 e. The molecule has 0 spiro atoms. The summed E-state index contributed by atoms with van der Waals surface area (Å²) in [5, 5.41) is 13.9. The van der Waals surface area contributed by atoms with Gasteiger partial charge in [-0.15, -0.1) is 11.8 Å². The van der Waals surface area contributed by atoms with Crippen LogP contribution in [0.5, 0.6) is 5.75 Å². The molecule has 4 rings (SSSR count). The van der Waals surface area contributed by atoms with E-state index in [1.54, 1.807) is 30.3 Å². The van der Waals surface area contributed by atoms with Crippen LogP contribution in [0, 0.1) is 5.41 Å². The summed E-state index contributed by atoms with van der Waals surface area (Å²) in [7, 11) is -3.79. The van der Waals surface area contributed by atoms with Crippen LogP contribution < -0.4 is 20.3 Å². The first-order chi connectivity index (χ1) is 23.0. The molecular weight excluding hydrogens is 651 g/mol. The maximum atomic E-state index is 14.3. The highest BCUT2D eigenvalue weighted by molar-refractivity contribution is 7.98. The van der Waals surface area contributed by atoms with Crippen LogP contribution in [0.2, 0.25) is 0 Å². The molecule has 12 heteroatoms. The predicted octanol–water partition coefficient (Wildman–Crippen LogP) is 6.14. The van der Waals surface area contributed by atoms with Crippen molar-refractivity contribution >= 4 is 50.8 Å². The van der Waals surface area contributed by atoms with E-state index >= 15 is 0 Å². The van der Waals surface area contributed by atoms with Gasteiger partial charge in [0.1, 0.15) is 18.3 Å². The third-order valence-electron chi connectivity index (χ3n) is 8.52. The standard InChI is InChI=1S/C36H45N3O7S2/c1-4-6-18-36(19-7-5-2)24-39(27-16-12-9-13-17-27)28-20-30(47-3)29(21-31(28)48(44,45)25-36)46-23-32(40)38-34(26-14-10-8-11-15-26)35(43)37-22-33(41)42/h8-17,20-21,34H,4-7,18-19,22-25H2,1-3H3,(H,37,43)(H,38,40)(H,41,42)/t34-/m0/s1. The molecule has 3 aromatic rings. The predicted molar refractivity (Wildman–Crippen MR) is 189 cm³/mol. The summed E-state index contributed by atoms with van der Waals surface area (Å²) in [6, 6.07) is 20.5. The van der Waals surface area contributed by atoms with Crippen molar-refractivity contribution in [3.05, 3.63) is 78.4 Å². The number of hydrogen-bond acceptors (Lipinski definition) is 8. The van der Waals surface area contributed by atoms with Gasteiger partial charge in [0.05, 0.1) is 21.2 Å². The average molecular weight is 696 g/mol. The molecule has 0 saturated heterocycles. The molecule has 0 aliphatic carbocycles. The number of anilines is 2. The van der Waals surface area contributed by atoms with Crippen molar-refractivity contribution in [2.24, 2.45) is 5.41 Å². The fourth-order valence-electron chi connectivity index (χ4n) is 6.14. The summed E-state index contributed by atoms with van der Waals surface area (Å²) in [5.41, 5.74) is 1.50. The van der Waals surface area contributed by atoms with Gasteiger partial charge in [-0.05, 0) is 42.9 Å². The lowest BCUT2D eigenvalue weighted by atomic mass is 9.79. The number of sulfone groups is 1. The van der Waals surface area contributed by atoms with Gasteiger partial charge in [-0.2, -0.15) is 0 Å². The molecule has 258 valence electrons. The van der Waals surface area contributed by atoms with E-state index in [9.17, 15) is 22.8 Å². The molecule has 10 nitrogen and oxygen atoms in total. The number of nitrogens with zero attached hydrogens (tertiary/aromatic N) is 1. The van der Waals surface area contributed by atoms with E-state index in [-0.39, 0.29) is 16.4 Å². The number of aliphatic carboxylic acids is 1. The average Bonchev–Trinajstić information content (AvgIpc) is 3.18. The minimum absolute atomic E-state index is 0.0130. The van der Waals surface area contributed by atoms with Crippen molar-refractivity contribution in [2.45, 2.75) is 68.2 Å². The van der Waals surface area contributed by atoms with E-state index in [4.69, 9.17) is 9.84 Å². The molecule has 3 N–H and O–H groups in total. The molecule has 1 aliphatic rings. The minimum Gasteiger partial charge on any atom is -0.483 e. The summed E-state index contributed by atoms with van der Waals surface area (Å²) in [5.74, 6) is -2.28. The number of carboxylic acid groups (broad SMARTS) is 1. The molecule has 1 aliphatic heterocycles. The number of ether oxygens (including phenoxy) is 1. The Morgan fingerprint density at radius 3 is 2.19 bits per heavy atom. The summed E-state index contributed by atoms with van der Waals surface area (Å²) in [4.78, 5) is 40.0. The number of carbonyl (C=O) groups excluding carboxylic acids is 2. The molecule has 2 amide bonds. The number of benzene rings is 3. The highest BCUT2D eigenvalue weighted by atomic mass is 32.2. The topological polar surface area (TPSA) is 142 Å². The SMILES string of the molecule is CCCCC1(CCCC)CN(c2ccccc2)c2cc(SC)c(OCC(=O)N[C@H](C(=O)NCC(=O)O)c3ccccc3)cc2S(=O)(=O)C1. The second-order valence-electron chi connectivity index (χ2n) is 12.2. The summed E-state index contributed by atoms with van der Waals surface area (Å²) < 4.78 is 34.7. The molecule has 0 saturated carbocycles. The van der Waals surface area contributed by atoms with Crippen LogP contribution in [-0.2, 0) is 24.2 Å². The largest absolute Gasteiger partial charge is 0.483 e. The Morgan fingerprint density at radius 1 is 0.979 bits per heavy atom. The van der Waals surface area contributed by atoms with Crippen LogP contribution >= 0.6 is 11.8 Å². The third kappa shape index (κ3) is 9.31. The summed E-state index contributed by atoms with van der Waals surface area (Å²) >= 11 is 1.38. The smallest absolute Gasteiger partial charge is 0.322 e. The van der Waals surface area contributed by atoms with Crippen LogP contribution in [0.3, 0.4) is 0 Å². The molecular formula is C36H45N3O7S2. The zero-order chi connectivity index (χ0) is 34.7. The van der Waals surface area contributed by atoms with Crippen molar-refractivity contribution in [3.8, 4) is 5.75 Å². The second-order valence-corrected chi connectivity index (χ2v) is 15.0. The van der Waals surface area contributed by atoms with Gasteiger partial charge in [-0.25, -0.2) is 8.42 Å². The lowest BCUT2D eigenvalue weighted by molar-refractivity contribution is -0.138. The molecule has 1 heterocycles. The fraction of sp³-hybridized carbons (Fsp3) is 0.417. The van der Waals surface area contributed by atoms with E-state index in [1.165, 1.54) is 17.8 Å². The van der Waals surface area contributed by atoms with Crippen molar-refractivity contribution in [2.75, 3.05) is 36.6 Å². The number of hydrogen-bond donors (Lipinski definition) is 3. The number of carboxylic acids is 1. The van der Waals surface area contributed by atoms with Gasteiger partial charge >= 0.3 is 5.97 Å². The number of rotatable bonds is 16. The first-order valence-corrected chi connectivity index (χ1v) is 19.1. The number of fused-ring (bicyclic) bond motifs is 1. The van der Waals surface area contributed by atoms with E-state index in [2.05, 4.69) is 29.4 Å². The van der Waals surface area contributed by atoms with Crippen molar-refractivity contribution in [1.82, 2.24) is 10.6 Å². The quantitative estimate of drug-likeness (QED) is 0.151.